The van der Waals surface area contributed by atoms with E-state index in [-0.39, 0.29) is 0 Å². The Morgan fingerprint density at radius 3 is 2.95 bits per heavy atom. The molecule has 1 aromatic rings. The van der Waals surface area contributed by atoms with Gasteiger partial charge >= 0.3 is 0 Å². The fourth-order valence-corrected chi connectivity index (χ4v) is 3.19. The summed E-state index contributed by atoms with van der Waals surface area (Å²) in [6.07, 6.45) is 2.41. The number of hydrogen-bond acceptors (Lipinski definition) is 3. The van der Waals surface area contributed by atoms with Crippen LogP contribution in [-0.2, 0) is 11.2 Å². The molecule has 2 atom stereocenters. The number of nitrogens with two attached hydrogens (primary N) is 1. The molecule has 1 fully saturated rings. The van der Waals surface area contributed by atoms with Gasteiger partial charge in [0.2, 0.25) is 0 Å². The Morgan fingerprint density at radius 1 is 1.47 bits per heavy atom. The van der Waals surface area contributed by atoms with E-state index < -0.39 is 0 Å². The lowest BCUT2D eigenvalue weighted by Gasteiger charge is -2.38. The Hall–Kier alpha value is -0.580. The fraction of sp³-hybridized carbons (Fsp3) is 0.600. The number of benzene rings is 1. The maximum Gasteiger partial charge on any atom is 0.0772 e. The highest BCUT2D eigenvalue weighted by molar-refractivity contribution is 9.10. The van der Waals surface area contributed by atoms with Crippen LogP contribution in [0.3, 0.4) is 0 Å². The molecule has 2 unspecified atom stereocenters. The van der Waals surface area contributed by atoms with E-state index in [0.29, 0.717) is 18.6 Å². The van der Waals surface area contributed by atoms with Crippen molar-refractivity contribution >= 4 is 21.6 Å². The largest absolute Gasteiger partial charge is 0.379 e. The van der Waals surface area contributed by atoms with Gasteiger partial charge in [-0.05, 0) is 49.1 Å². The Morgan fingerprint density at radius 2 is 2.26 bits per heavy atom. The Bertz CT molecular complexity index is 425. The molecule has 2 rings (SSSR count). The van der Waals surface area contributed by atoms with Gasteiger partial charge in [-0.15, -0.1) is 0 Å². The summed E-state index contributed by atoms with van der Waals surface area (Å²) in [5.74, 6) is 0.634. The first-order valence-corrected chi connectivity index (χ1v) is 7.71. The summed E-state index contributed by atoms with van der Waals surface area (Å²) >= 11 is 3.54. The number of nitrogens with zero attached hydrogens (tertiary/aromatic N) is 1. The summed E-state index contributed by atoms with van der Waals surface area (Å²) in [5, 5.41) is 0. The predicted octanol–water partition coefficient (Wildman–Crippen LogP) is 2.81. The summed E-state index contributed by atoms with van der Waals surface area (Å²) in [6.45, 7) is 5.02. The van der Waals surface area contributed by atoms with Crippen LogP contribution in [0.25, 0.3) is 0 Å². The number of piperidine rings is 1. The minimum absolute atomic E-state index is 0.322. The highest BCUT2D eigenvalue weighted by Crippen LogP contribution is 2.29. The van der Waals surface area contributed by atoms with Gasteiger partial charge in [-0.3, -0.25) is 0 Å². The molecular formula is C15H23BrN2O. The van der Waals surface area contributed by atoms with Gasteiger partial charge in [0, 0.05) is 30.4 Å². The van der Waals surface area contributed by atoms with E-state index in [9.17, 15) is 0 Å². The lowest BCUT2D eigenvalue weighted by Crippen LogP contribution is -2.44. The van der Waals surface area contributed by atoms with E-state index in [4.69, 9.17) is 10.5 Å². The lowest BCUT2D eigenvalue weighted by atomic mass is 9.94. The molecule has 0 amide bonds. The topological polar surface area (TPSA) is 38.5 Å². The third-order valence-electron chi connectivity index (χ3n) is 3.99. The van der Waals surface area contributed by atoms with Crippen molar-refractivity contribution in [3.63, 3.8) is 0 Å². The second-order valence-corrected chi connectivity index (χ2v) is 6.21. The van der Waals surface area contributed by atoms with Crippen LogP contribution < -0.4 is 10.6 Å². The molecule has 0 spiro atoms. The second-order valence-electron chi connectivity index (χ2n) is 5.30. The first kappa shape index (κ1) is 14.8. The maximum absolute atomic E-state index is 5.73. The van der Waals surface area contributed by atoms with Gasteiger partial charge in [0.05, 0.1) is 6.10 Å². The van der Waals surface area contributed by atoms with Crippen LogP contribution >= 0.6 is 15.9 Å². The smallest absolute Gasteiger partial charge is 0.0772 e. The first-order chi connectivity index (χ1) is 9.15. The summed E-state index contributed by atoms with van der Waals surface area (Å²) < 4.78 is 6.72. The van der Waals surface area contributed by atoms with Crippen molar-refractivity contribution in [1.29, 1.82) is 0 Å². The number of halogens is 1. The molecule has 0 aromatic heterocycles. The van der Waals surface area contributed by atoms with E-state index in [1.54, 1.807) is 0 Å². The van der Waals surface area contributed by atoms with Gasteiger partial charge < -0.3 is 15.4 Å². The monoisotopic (exact) mass is 326 g/mol. The quantitative estimate of drug-likeness (QED) is 0.924. The van der Waals surface area contributed by atoms with E-state index >= 15 is 0 Å². The van der Waals surface area contributed by atoms with Crippen molar-refractivity contribution in [3.8, 4) is 0 Å². The molecule has 1 aliphatic heterocycles. The van der Waals surface area contributed by atoms with Crippen LogP contribution in [0, 0.1) is 5.92 Å². The zero-order valence-electron chi connectivity index (χ0n) is 11.7. The summed E-state index contributed by atoms with van der Waals surface area (Å²) in [4.78, 5) is 2.44. The van der Waals surface area contributed by atoms with Gasteiger partial charge in [0.15, 0.2) is 0 Å². The number of rotatable bonds is 4. The van der Waals surface area contributed by atoms with Crippen molar-refractivity contribution in [2.75, 3.05) is 31.6 Å². The summed E-state index contributed by atoms with van der Waals surface area (Å²) in [6, 6.07) is 6.48. The van der Waals surface area contributed by atoms with E-state index in [1.807, 2.05) is 7.11 Å². The summed E-state index contributed by atoms with van der Waals surface area (Å²) in [7, 11) is 1.81. The number of hydrogen-bond donors (Lipinski definition) is 1. The standard InChI is InChI=1S/C15H23BrN2O/c1-11-6-8-18(10-15(11)19-2)14-4-3-13(16)9-12(14)5-7-17/h3-4,9,11,15H,5-8,10,17H2,1-2H3. The van der Waals surface area contributed by atoms with Crippen molar-refractivity contribution in [2.45, 2.75) is 25.9 Å². The number of anilines is 1. The Balaban J connectivity index is 2.21. The van der Waals surface area contributed by atoms with Gasteiger partial charge in [0.1, 0.15) is 0 Å². The van der Waals surface area contributed by atoms with Crippen molar-refractivity contribution in [3.05, 3.63) is 28.2 Å². The fourth-order valence-electron chi connectivity index (χ4n) is 2.78. The highest BCUT2D eigenvalue weighted by atomic mass is 79.9. The van der Waals surface area contributed by atoms with Crippen LogP contribution in [0.1, 0.15) is 18.9 Å². The van der Waals surface area contributed by atoms with Crippen LogP contribution in [0.4, 0.5) is 5.69 Å². The number of ether oxygens (including phenoxy) is 1. The highest BCUT2D eigenvalue weighted by Gasteiger charge is 2.27. The van der Waals surface area contributed by atoms with E-state index in [0.717, 1.165) is 24.0 Å². The van der Waals surface area contributed by atoms with Crippen molar-refractivity contribution in [1.82, 2.24) is 0 Å². The average Bonchev–Trinajstić information content (AvgIpc) is 2.40. The normalized spacial score (nSPS) is 23.7. The van der Waals surface area contributed by atoms with E-state index in [1.165, 1.54) is 17.7 Å². The van der Waals surface area contributed by atoms with Crippen molar-refractivity contribution in [2.24, 2.45) is 11.7 Å². The molecule has 0 radical (unpaired) electrons. The van der Waals surface area contributed by atoms with E-state index in [2.05, 4.69) is 46.0 Å². The molecule has 2 N–H and O–H groups in total. The molecule has 1 heterocycles. The molecule has 4 heteroatoms. The Labute approximate surface area is 124 Å². The van der Waals surface area contributed by atoms with Crippen molar-refractivity contribution < 1.29 is 4.74 Å². The minimum Gasteiger partial charge on any atom is -0.379 e. The maximum atomic E-state index is 5.73. The Kier molecular flexibility index (Phi) is 5.25. The molecule has 3 nitrogen and oxygen atoms in total. The van der Waals surface area contributed by atoms with Gasteiger partial charge in [0.25, 0.3) is 0 Å². The van der Waals surface area contributed by atoms with Crippen LogP contribution in [-0.4, -0.2) is 32.8 Å². The molecular weight excluding hydrogens is 304 g/mol. The molecule has 0 aliphatic carbocycles. The molecule has 0 saturated carbocycles. The predicted molar refractivity (Wildman–Crippen MR) is 83.7 cm³/mol. The first-order valence-electron chi connectivity index (χ1n) is 6.92. The van der Waals surface area contributed by atoms with Gasteiger partial charge in [-0.1, -0.05) is 22.9 Å². The minimum atomic E-state index is 0.322. The van der Waals surface area contributed by atoms with Gasteiger partial charge in [-0.25, -0.2) is 0 Å². The molecule has 19 heavy (non-hydrogen) atoms. The SMILES string of the molecule is COC1CN(c2ccc(Br)cc2CCN)CCC1C. The third-order valence-corrected chi connectivity index (χ3v) is 4.48. The molecule has 0 bridgehead atoms. The molecule has 1 aliphatic rings. The third kappa shape index (κ3) is 3.50. The lowest BCUT2D eigenvalue weighted by molar-refractivity contribution is 0.0498. The molecule has 1 saturated heterocycles. The summed E-state index contributed by atoms with van der Waals surface area (Å²) in [5.41, 5.74) is 8.35. The van der Waals surface area contributed by atoms with Crippen LogP contribution in [0.2, 0.25) is 0 Å². The zero-order valence-corrected chi connectivity index (χ0v) is 13.3. The van der Waals surface area contributed by atoms with Crippen LogP contribution in [0.5, 0.6) is 0 Å². The number of methoxy groups -OCH3 is 1. The molecule has 1 aromatic carbocycles. The average molecular weight is 327 g/mol. The second kappa shape index (κ2) is 6.73. The van der Waals surface area contributed by atoms with Gasteiger partial charge in [-0.2, -0.15) is 0 Å². The zero-order chi connectivity index (χ0) is 13.8. The molecule has 106 valence electrons. The van der Waals surface area contributed by atoms with Crippen LogP contribution in [0.15, 0.2) is 22.7 Å².